The highest BCUT2D eigenvalue weighted by Gasteiger charge is 2.24. The highest BCUT2D eigenvalue weighted by atomic mass is 79.9. The number of hydrogen-bond acceptors (Lipinski definition) is 3. The summed E-state index contributed by atoms with van der Waals surface area (Å²) in [7, 11) is 0. The van der Waals surface area contributed by atoms with Gasteiger partial charge in [-0.05, 0) is 40.4 Å². The molecule has 1 N–H and O–H groups in total. The molecule has 1 aromatic heterocycles. The van der Waals surface area contributed by atoms with Crippen molar-refractivity contribution in [3.8, 4) is 0 Å². The van der Waals surface area contributed by atoms with Crippen LogP contribution in [0.3, 0.4) is 0 Å². The predicted octanol–water partition coefficient (Wildman–Crippen LogP) is 3.50. The monoisotopic (exact) mass is 316 g/mol. The molecule has 0 aliphatic carbocycles. The third kappa shape index (κ3) is 3.78. The molecule has 1 fully saturated rings. The molecule has 1 aliphatic heterocycles. The summed E-state index contributed by atoms with van der Waals surface area (Å²) in [5, 5.41) is 3.43. The van der Waals surface area contributed by atoms with Crippen LogP contribution in [-0.2, 0) is 0 Å². The number of halogens is 1. The molecule has 2 heterocycles. The molecular weight excluding hydrogens is 296 g/mol. The van der Waals surface area contributed by atoms with Gasteiger partial charge in [0.05, 0.1) is 3.79 Å². The van der Waals surface area contributed by atoms with Crippen LogP contribution >= 0.6 is 27.3 Å². The Labute approximate surface area is 117 Å². The summed E-state index contributed by atoms with van der Waals surface area (Å²) in [6, 6.07) is 5.06. The molecule has 0 amide bonds. The van der Waals surface area contributed by atoms with E-state index < -0.39 is 0 Å². The third-order valence-corrected chi connectivity index (χ3v) is 4.93. The first-order chi connectivity index (χ1) is 8.16. The fourth-order valence-corrected chi connectivity index (χ4v) is 3.96. The van der Waals surface area contributed by atoms with Crippen molar-refractivity contribution in [2.24, 2.45) is 5.92 Å². The van der Waals surface area contributed by atoms with Crippen LogP contribution in [0.4, 0.5) is 0 Å². The lowest BCUT2D eigenvalue weighted by molar-refractivity contribution is 0.156. The zero-order chi connectivity index (χ0) is 12.3. The fraction of sp³-hybridized carbons (Fsp3) is 0.692. The van der Waals surface area contributed by atoms with E-state index in [9.17, 15) is 0 Å². The topological polar surface area (TPSA) is 15.3 Å². The van der Waals surface area contributed by atoms with Gasteiger partial charge in [-0.3, -0.25) is 4.90 Å². The molecule has 0 saturated carbocycles. The van der Waals surface area contributed by atoms with Crippen LogP contribution in [0.2, 0.25) is 0 Å². The minimum atomic E-state index is 0.605. The van der Waals surface area contributed by atoms with Gasteiger partial charge in [0.15, 0.2) is 0 Å². The van der Waals surface area contributed by atoms with Crippen LogP contribution in [0.25, 0.3) is 0 Å². The molecule has 1 atom stereocenters. The van der Waals surface area contributed by atoms with E-state index in [2.05, 4.69) is 52.1 Å². The molecule has 1 aliphatic rings. The SMILES string of the molecule is CC(C)C[C@@H](c1ccc(Br)s1)N1CCNCC1. The van der Waals surface area contributed by atoms with Gasteiger partial charge in [-0.15, -0.1) is 11.3 Å². The molecule has 0 radical (unpaired) electrons. The highest BCUT2D eigenvalue weighted by Crippen LogP contribution is 2.34. The highest BCUT2D eigenvalue weighted by molar-refractivity contribution is 9.11. The largest absolute Gasteiger partial charge is 0.314 e. The summed E-state index contributed by atoms with van der Waals surface area (Å²) in [4.78, 5) is 4.14. The maximum absolute atomic E-state index is 3.58. The quantitative estimate of drug-likeness (QED) is 0.914. The zero-order valence-electron chi connectivity index (χ0n) is 10.6. The van der Waals surface area contributed by atoms with E-state index in [4.69, 9.17) is 0 Å². The molecule has 0 bridgehead atoms. The second-order valence-corrected chi connectivity index (χ2v) is 7.57. The number of piperazine rings is 1. The smallest absolute Gasteiger partial charge is 0.0701 e. The molecule has 0 unspecified atom stereocenters. The summed E-state index contributed by atoms with van der Waals surface area (Å²) in [6.07, 6.45) is 1.26. The van der Waals surface area contributed by atoms with Gasteiger partial charge in [-0.25, -0.2) is 0 Å². The first-order valence-corrected chi connectivity index (χ1v) is 7.98. The van der Waals surface area contributed by atoms with Crippen molar-refractivity contribution in [3.63, 3.8) is 0 Å². The van der Waals surface area contributed by atoms with Gasteiger partial charge in [-0.1, -0.05) is 13.8 Å². The van der Waals surface area contributed by atoms with E-state index in [-0.39, 0.29) is 0 Å². The van der Waals surface area contributed by atoms with Crippen molar-refractivity contribution in [1.82, 2.24) is 10.2 Å². The van der Waals surface area contributed by atoms with Gasteiger partial charge < -0.3 is 5.32 Å². The predicted molar refractivity (Wildman–Crippen MR) is 78.7 cm³/mol. The van der Waals surface area contributed by atoms with Gasteiger partial charge in [0.1, 0.15) is 0 Å². The Hall–Kier alpha value is 0.1000. The van der Waals surface area contributed by atoms with E-state index in [0.717, 1.165) is 19.0 Å². The zero-order valence-corrected chi connectivity index (χ0v) is 13.0. The van der Waals surface area contributed by atoms with Crippen molar-refractivity contribution in [1.29, 1.82) is 0 Å². The Morgan fingerprint density at radius 2 is 2.06 bits per heavy atom. The molecule has 0 aromatic carbocycles. The average molecular weight is 317 g/mol. The summed E-state index contributed by atoms with van der Waals surface area (Å²) in [6.45, 7) is 9.23. The third-order valence-electron chi connectivity index (χ3n) is 3.21. The van der Waals surface area contributed by atoms with Gasteiger partial charge in [0, 0.05) is 37.1 Å². The van der Waals surface area contributed by atoms with E-state index in [0.29, 0.717) is 6.04 Å². The van der Waals surface area contributed by atoms with Gasteiger partial charge in [0.2, 0.25) is 0 Å². The molecule has 0 spiro atoms. The van der Waals surface area contributed by atoms with E-state index in [1.165, 1.54) is 28.2 Å². The van der Waals surface area contributed by atoms with Crippen molar-refractivity contribution in [3.05, 3.63) is 20.8 Å². The number of hydrogen-bond donors (Lipinski definition) is 1. The lowest BCUT2D eigenvalue weighted by Gasteiger charge is -2.35. The Morgan fingerprint density at radius 1 is 1.35 bits per heavy atom. The Morgan fingerprint density at radius 3 is 2.59 bits per heavy atom. The standard InChI is InChI=1S/C13H21BrN2S/c1-10(2)9-11(12-3-4-13(14)17-12)16-7-5-15-6-8-16/h3-4,10-11,15H,5-9H2,1-2H3/t11-/m0/s1. The lowest BCUT2D eigenvalue weighted by atomic mass is 10.0. The Bertz CT molecular complexity index is 345. The van der Waals surface area contributed by atoms with E-state index >= 15 is 0 Å². The van der Waals surface area contributed by atoms with Crippen LogP contribution in [0.15, 0.2) is 15.9 Å². The maximum Gasteiger partial charge on any atom is 0.0701 e. The summed E-state index contributed by atoms with van der Waals surface area (Å²) in [5.74, 6) is 0.746. The second-order valence-electron chi connectivity index (χ2n) is 5.07. The number of nitrogens with one attached hydrogen (secondary N) is 1. The van der Waals surface area contributed by atoms with Crippen LogP contribution in [0.1, 0.15) is 31.2 Å². The molecule has 2 nitrogen and oxygen atoms in total. The maximum atomic E-state index is 3.58. The molecule has 17 heavy (non-hydrogen) atoms. The van der Waals surface area contributed by atoms with Crippen LogP contribution in [-0.4, -0.2) is 31.1 Å². The number of nitrogens with zero attached hydrogens (tertiary/aromatic N) is 1. The van der Waals surface area contributed by atoms with Crippen LogP contribution < -0.4 is 5.32 Å². The Balaban J connectivity index is 2.11. The molecule has 4 heteroatoms. The van der Waals surface area contributed by atoms with E-state index in [1.807, 2.05) is 11.3 Å². The molecule has 96 valence electrons. The first-order valence-electron chi connectivity index (χ1n) is 6.37. The van der Waals surface area contributed by atoms with Crippen molar-refractivity contribution in [2.45, 2.75) is 26.3 Å². The number of thiophene rings is 1. The van der Waals surface area contributed by atoms with Crippen molar-refractivity contribution < 1.29 is 0 Å². The van der Waals surface area contributed by atoms with Gasteiger partial charge >= 0.3 is 0 Å². The minimum Gasteiger partial charge on any atom is -0.314 e. The normalized spacial score (nSPS) is 19.8. The minimum absolute atomic E-state index is 0.605. The molecule has 2 rings (SSSR count). The van der Waals surface area contributed by atoms with Crippen LogP contribution in [0.5, 0.6) is 0 Å². The van der Waals surface area contributed by atoms with E-state index in [1.54, 1.807) is 0 Å². The second kappa shape index (κ2) is 6.32. The number of rotatable bonds is 4. The fourth-order valence-electron chi connectivity index (χ4n) is 2.39. The molecule has 1 saturated heterocycles. The lowest BCUT2D eigenvalue weighted by Crippen LogP contribution is -2.45. The molecular formula is C13H21BrN2S. The summed E-state index contributed by atoms with van der Waals surface area (Å²) in [5.41, 5.74) is 0. The van der Waals surface area contributed by atoms with Gasteiger partial charge in [0.25, 0.3) is 0 Å². The molecule has 1 aromatic rings. The first kappa shape index (κ1) is 13.5. The van der Waals surface area contributed by atoms with Crippen molar-refractivity contribution >= 4 is 27.3 Å². The average Bonchev–Trinajstić information content (AvgIpc) is 2.73. The summed E-state index contributed by atoms with van der Waals surface area (Å²) < 4.78 is 1.25. The van der Waals surface area contributed by atoms with Crippen LogP contribution in [0, 0.1) is 5.92 Å². The van der Waals surface area contributed by atoms with Crippen molar-refractivity contribution in [2.75, 3.05) is 26.2 Å². The van der Waals surface area contributed by atoms with Gasteiger partial charge in [-0.2, -0.15) is 0 Å². The summed E-state index contributed by atoms with van der Waals surface area (Å²) >= 11 is 5.46. The Kier molecular flexibility index (Phi) is 5.03.